The number of benzene rings is 2. The molecule has 0 bridgehead atoms. The number of hydrogen-bond donors (Lipinski definition) is 0. The van der Waals surface area contributed by atoms with Crippen molar-refractivity contribution in [2.24, 2.45) is 0 Å². The van der Waals surface area contributed by atoms with E-state index in [-0.39, 0.29) is 5.91 Å². The molecule has 2 aromatic carbocycles. The van der Waals surface area contributed by atoms with Crippen LogP contribution in [-0.4, -0.2) is 77.9 Å². The molecule has 34 heavy (non-hydrogen) atoms. The Bertz CT molecular complexity index is 958. The van der Waals surface area contributed by atoms with Crippen LogP contribution in [0.4, 0.5) is 0 Å². The molecular weight excluding hydrogens is 432 g/mol. The van der Waals surface area contributed by atoms with E-state index in [0.717, 1.165) is 55.3 Å². The second kappa shape index (κ2) is 12.0. The van der Waals surface area contributed by atoms with Gasteiger partial charge in [0.05, 0.1) is 34.9 Å². The molecule has 0 saturated heterocycles. The lowest BCUT2D eigenvalue weighted by molar-refractivity contribution is -0.130. The van der Waals surface area contributed by atoms with Gasteiger partial charge in [0.25, 0.3) is 0 Å². The average Bonchev–Trinajstić information content (AvgIpc) is 2.97. The van der Waals surface area contributed by atoms with Gasteiger partial charge in [-0.25, -0.2) is 0 Å². The predicted octanol–water partition coefficient (Wildman–Crippen LogP) is 3.39. The minimum Gasteiger partial charge on any atom is -0.493 e. The lowest BCUT2D eigenvalue weighted by atomic mass is 9.88. The zero-order chi connectivity index (χ0) is 24.7. The number of fused-ring (bicyclic) bond motifs is 2. The molecule has 2 aromatic rings. The van der Waals surface area contributed by atoms with Crippen molar-refractivity contribution in [3.05, 3.63) is 46.5 Å². The number of amides is 1. The average molecular weight is 471 g/mol. The molecule has 0 atom stereocenters. The van der Waals surface area contributed by atoms with E-state index in [0.29, 0.717) is 12.2 Å². The number of aryl methyl sites for hydroxylation is 2. The third-order valence-corrected chi connectivity index (χ3v) is 6.45. The SMILES string of the molecule is COc1cc2c(cc1OC)CC(=O)N(CCCN(C)C)CC2.COc1cc2c(cc1OC)CC2. The molecule has 0 aromatic heterocycles. The summed E-state index contributed by atoms with van der Waals surface area (Å²) >= 11 is 0. The van der Waals surface area contributed by atoms with Crippen molar-refractivity contribution in [3.8, 4) is 23.0 Å². The first-order chi connectivity index (χ1) is 16.4. The van der Waals surface area contributed by atoms with Crippen molar-refractivity contribution in [1.29, 1.82) is 0 Å². The number of ether oxygens (including phenoxy) is 4. The van der Waals surface area contributed by atoms with Gasteiger partial charge in [0.15, 0.2) is 23.0 Å². The molecule has 0 unspecified atom stereocenters. The summed E-state index contributed by atoms with van der Waals surface area (Å²) in [7, 11) is 10.7. The van der Waals surface area contributed by atoms with Crippen LogP contribution < -0.4 is 18.9 Å². The summed E-state index contributed by atoms with van der Waals surface area (Å²) < 4.78 is 21.1. The van der Waals surface area contributed by atoms with Gasteiger partial charge in [-0.05, 0) is 92.8 Å². The van der Waals surface area contributed by atoms with Gasteiger partial charge in [0.1, 0.15) is 0 Å². The van der Waals surface area contributed by atoms with Crippen molar-refractivity contribution >= 4 is 5.91 Å². The van der Waals surface area contributed by atoms with E-state index in [1.165, 1.54) is 29.5 Å². The Morgan fingerprint density at radius 2 is 1.18 bits per heavy atom. The van der Waals surface area contributed by atoms with Gasteiger partial charge < -0.3 is 28.7 Å². The maximum atomic E-state index is 12.4. The predicted molar refractivity (Wildman–Crippen MR) is 134 cm³/mol. The van der Waals surface area contributed by atoms with Gasteiger partial charge in [-0.15, -0.1) is 0 Å². The highest BCUT2D eigenvalue weighted by atomic mass is 16.5. The highest BCUT2D eigenvalue weighted by Crippen LogP contribution is 2.35. The summed E-state index contributed by atoms with van der Waals surface area (Å²) in [4.78, 5) is 16.6. The minimum absolute atomic E-state index is 0.199. The van der Waals surface area contributed by atoms with Gasteiger partial charge in [0.2, 0.25) is 5.91 Å². The molecule has 1 aliphatic carbocycles. The fraction of sp³-hybridized carbons (Fsp3) is 0.519. The molecule has 1 aliphatic heterocycles. The van der Waals surface area contributed by atoms with E-state index in [2.05, 4.69) is 31.1 Å². The number of hydrogen-bond acceptors (Lipinski definition) is 6. The molecule has 0 fully saturated rings. The smallest absolute Gasteiger partial charge is 0.227 e. The van der Waals surface area contributed by atoms with E-state index in [4.69, 9.17) is 18.9 Å². The Morgan fingerprint density at radius 3 is 1.59 bits per heavy atom. The lowest BCUT2D eigenvalue weighted by Crippen LogP contribution is -2.34. The van der Waals surface area contributed by atoms with Gasteiger partial charge in [-0.3, -0.25) is 4.79 Å². The largest absolute Gasteiger partial charge is 0.493 e. The third kappa shape index (κ3) is 6.14. The van der Waals surface area contributed by atoms with E-state index in [9.17, 15) is 4.79 Å². The van der Waals surface area contributed by atoms with Crippen LogP contribution in [0.3, 0.4) is 0 Å². The topological polar surface area (TPSA) is 60.5 Å². The summed E-state index contributed by atoms with van der Waals surface area (Å²) in [5.74, 6) is 3.31. The molecule has 0 spiro atoms. The molecule has 4 rings (SSSR count). The summed E-state index contributed by atoms with van der Waals surface area (Å²) in [6.07, 6.45) is 4.66. The first-order valence-electron chi connectivity index (χ1n) is 11.8. The highest BCUT2D eigenvalue weighted by molar-refractivity contribution is 5.80. The zero-order valence-electron chi connectivity index (χ0n) is 21.4. The Balaban J connectivity index is 0.000000226. The molecule has 186 valence electrons. The van der Waals surface area contributed by atoms with Gasteiger partial charge in [-0.2, -0.15) is 0 Å². The summed E-state index contributed by atoms with van der Waals surface area (Å²) in [5, 5.41) is 0. The monoisotopic (exact) mass is 470 g/mol. The van der Waals surface area contributed by atoms with Crippen molar-refractivity contribution in [2.45, 2.75) is 32.1 Å². The molecule has 1 heterocycles. The Hall–Kier alpha value is -2.93. The molecule has 0 N–H and O–H groups in total. The Labute approximate surface area is 203 Å². The normalized spacial score (nSPS) is 14.2. The highest BCUT2D eigenvalue weighted by Gasteiger charge is 2.22. The van der Waals surface area contributed by atoms with Gasteiger partial charge >= 0.3 is 0 Å². The number of methoxy groups -OCH3 is 4. The van der Waals surface area contributed by atoms with Crippen molar-refractivity contribution in [1.82, 2.24) is 9.80 Å². The first kappa shape index (κ1) is 25.7. The fourth-order valence-corrected chi connectivity index (χ4v) is 4.35. The quantitative estimate of drug-likeness (QED) is 0.590. The third-order valence-electron chi connectivity index (χ3n) is 6.45. The van der Waals surface area contributed by atoms with Crippen LogP contribution in [0.25, 0.3) is 0 Å². The molecule has 7 heteroatoms. The molecule has 2 aliphatic rings. The molecule has 0 saturated carbocycles. The number of nitrogens with zero attached hydrogens (tertiary/aromatic N) is 2. The number of carbonyl (C=O) groups is 1. The summed E-state index contributed by atoms with van der Waals surface area (Å²) in [6.45, 7) is 2.59. The fourth-order valence-electron chi connectivity index (χ4n) is 4.35. The maximum Gasteiger partial charge on any atom is 0.227 e. The van der Waals surface area contributed by atoms with E-state index in [1.807, 2.05) is 17.0 Å². The molecular formula is C27H38N2O5. The molecule has 7 nitrogen and oxygen atoms in total. The van der Waals surface area contributed by atoms with Crippen LogP contribution in [0.2, 0.25) is 0 Å². The summed E-state index contributed by atoms with van der Waals surface area (Å²) in [5.41, 5.74) is 5.03. The van der Waals surface area contributed by atoms with E-state index in [1.54, 1.807) is 28.4 Å². The van der Waals surface area contributed by atoms with Gasteiger partial charge in [0, 0.05) is 13.1 Å². The van der Waals surface area contributed by atoms with Crippen LogP contribution in [0.5, 0.6) is 23.0 Å². The molecule has 0 radical (unpaired) electrons. The van der Waals surface area contributed by atoms with Crippen LogP contribution in [-0.2, 0) is 30.5 Å². The standard InChI is InChI=1S/C17H26N2O3.C10H12O2/c1-18(2)7-5-8-19-9-6-13-10-15(21-3)16(22-4)11-14(13)12-17(19)20;1-11-9-5-7-3-4-8(7)6-10(9)12-2/h10-11H,5-9,12H2,1-4H3;5-6H,3-4H2,1-2H3. The second-order valence-corrected chi connectivity index (χ2v) is 8.92. The minimum atomic E-state index is 0.199. The van der Waals surface area contributed by atoms with Crippen LogP contribution in [0.1, 0.15) is 28.7 Å². The number of rotatable bonds is 8. The van der Waals surface area contributed by atoms with Crippen molar-refractivity contribution < 1.29 is 23.7 Å². The van der Waals surface area contributed by atoms with Crippen LogP contribution in [0.15, 0.2) is 24.3 Å². The summed E-state index contributed by atoms with van der Waals surface area (Å²) in [6, 6.07) is 8.08. The second-order valence-electron chi connectivity index (χ2n) is 8.92. The number of carbonyl (C=O) groups excluding carboxylic acids is 1. The zero-order valence-corrected chi connectivity index (χ0v) is 21.4. The Morgan fingerprint density at radius 1 is 0.735 bits per heavy atom. The maximum absolute atomic E-state index is 12.4. The van der Waals surface area contributed by atoms with Crippen molar-refractivity contribution in [3.63, 3.8) is 0 Å². The van der Waals surface area contributed by atoms with E-state index < -0.39 is 0 Å². The van der Waals surface area contributed by atoms with Crippen LogP contribution in [0, 0.1) is 0 Å². The lowest BCUT2D eigenvalue weighted by Gasteiger charge is -2.21. The first-order valence-corrected chi connectivity index (χ1v) is 11.8. The van der Waals surface area contributed by atoms with E-state index >= 15 is 0 Å². The van der Waals surface area contributed by atoms with Crippen LogP contribution >= 0.6 is 0 Å². The Kier molecular flexibility index (Phi) is 9.05. The molecule has 1 amide bonds. The van der Waals surface area contributed by atoms with Crippen molar-refractivity contribution in [2.75, 3.05) is 62.2 Å². The van der Waals surface area contributed by atoms with Gasteiger partial charge in [-0.1, -0.05) is 0 Å².